The SMILES string of the molecule is CCCOc1c[nH]c(CS(=O)CCN2C(=O)c3ccccc3C2=O)cc1=O. The number of imide groups is 1. The Labute approximate surface area is 158 Å². The van der Waals surface area contributed by atoms with Gasteiger partial charge in [0.15, 0.2) is 5.75 Å². The zero-order chi connectivity index (χ0) is 19.4. The topological polar surface area (TPSA) is 96.5 Å². The van der Waals surface area contributed by atoms with E-state index in [0.29, 0.717) is 23.4 Å². The summed E-state index contributed by atoms with van der Waals surface area (Å²) in [4.78, 5) is 40.6. The molecule has 1 aliphatic rings. The molecule has 1 atom stereocenters. The Hall–Kier alpha value is -2.74. The van der Waals surface area contributed by atoms with E-state index in [-0.39, 0.29) is 41.0 Å². The third-order valence-electron chi connectivity index (χ3n) is 4.14. The lowest BCUT2D eigenvalue weighted by molar-refractivity contribution is 0.0664. The molecule has 142 valence electrons. The molecule has 3 rings (SSSR count). The fourth-order valence-electron chi connectivity index (χ4n) is 2.79. The van der Waals surface area contributed by atoms with Crippen LogP contribution in [-0.4, -0.2) is 44.8 Å². The highest BCUT2D eigenvalue weighted by Gasteiger charge is 2.34. The molecule has 0 aliphatic carbocycles. The summed E-state index contributed by atoms with van der Waals surface area (Å²) in [5.74, 6) is -0.220. The Morgan fingerprint density at radius 3 is 2.37 bits per heavy atom. The van der Waals surface area contributed by atoms with Gasteiger partial charge in [-0.3, -0.25) is 23.5 Å². The molecule has 0 spiro atoms. The summed E-state index contributed by atoms with van der Waals surface area (Å²) in [6, 6.07) is 8.00. The number of carbonyl (C=O) groups is 2. The van der Waals surface area contributed by atoms with E-state index in [0.717, 1.165) is 11.3 Å². The van der Waals surface area contributed by atoms with Gasteiger partial charge in [-0.1, -0.05) is 19.1 Å². The van der Waals surface area contributed by atoms with Crippen molar-refractivity contribution in [3.05, 3.63) is 63.6 Å². The van der Waals surface area contributed by atoms with E-state index in [1.807, 2.05) is 6.92 Å². The van der Waals surface area contributed by atoms with Gasteiger partial charge in [0, 0.05) is 41.1 Å². The number of amides is 2. The fourth-order valence-corrected chi connectivity index (χ4v) is 3.83. The van der Waals surface area contributed by atoms with Crippen molar-refractivity contribution in [1.29, 1.82) is 0 Å². The standard InChI is InChI=1S/C19H20N2O5S/c1-2-8-26-17-11-20-13(10-16(17)22)12-27(25)9-7-21-18(23)14-5-3-4-6-15(14)19(21)24/h3-6,10-11H,2,7-9,12H2,1H3,(H,20,22). The smallest absolute Gasteiger partial charge is 0.261 e. The number of rotatable bonds is 8. The van der Waals surface area contributed by atoms with Crippen molar-refractivity contribution in [3.8, 4) is 5.75 Å². The lowest BCUT2D eigenvalue weighted by atomic mass is 10.1. The number of H-pyrrole nitrogens is 1. The monoisotopic (exact) mass is 388 g/mol. The van der Waals surface area contributed by atoms with Gasteiger partial charge in [-0.15, -0.1) is 0 Å². The van der Waals surface area contributed by atoms with Crippen molar-refractivity contribution in [1.82, 2.24) is 9.88 Å². The number of fused-ring (bicyclic) bond motifs is 1. The quantitative estimate of drug-likeness (QED) is 0.695. The first-order chi connectivity index (χ1) is 13.0. The van der Waals surface area contributed by atoms with Crippen LogP contribution in [0.3, 0.4) is 0 Å². The average molecular weight is 388 g/mol. The van der Waals surface area contributed by atoms with Gasteiger partial charge in [0.25, 0.3) is 11.8 Å². The van der Waals surface area contributed by atoms with Crippen LogP contribution in [0.1, 0.15) is 39.8 Å². The Morgan fingerprint density at radius 1 is 1.11 bits per heavy atom. The van der Waals surface area contributed by atoms with E-state index >= 15 is 0 Å². The highest BCUT2D eigenvalue weighted by atomic mass is 32.2. The number of hydrogen-bond acceptors (Lipinski definition) is 5. The van der Waals surface area contributed by atoms with Gasteiger partial charge in [-0.25, -0.2) is 0 Å². The van der Waals surface area contributed by atoms with Crippen LogP contribution in [-0.2, 0) is 16.6 Å². The molecule has 1 N–H and O–H groups in total. The van der Waals surface area contributed by atoms with E-state index in [9.17, 15) is 18.6 Å². The number of carbonyl (C=O) groups excluding carboxylic acids is 2. The minimum atomic E-state index is -1.34. The van der Waals surface area contributed by atoms with Crippen LogP contribution in [0, 0.1) is 0 Å². The molecule has 0 saturated heterocycles. The van der Waals surface area contributed by atoms with Crippen molar-refractivity contribution >= 4 is 22.6 Å². The van der Waals surface area contributed by atoms with E-state index in [4.69, 9.17) is 4.74 Å². The molecule has 0 fully saturated rings. The average Bonchev–Trinajstić information content (AvgIpc) is 2.90. The zero-order valence-corrected chi connectivity index (χ0v) is 15.7. The maximum absolute atomic E-state index is 12.3. The molecule has 0 bridgehead atoms. The molecular weight excluding hydrogens is 368 g/mol. The Balaban J connectivity index is 1.58. The van der Waals surface area contributed by atoms with Gasteiger partial charge in [0.1, 0.15) is 0 Å². The van der Waals surface area contributed by atoms with Crippen molar-refractivity contribution in [2.45, 2.75) is 19.1 Å². The van der Waals surface area contributed by atoms with Gasteiger partial charge in [-0.2, -0.15) is 0 Å². The first-order valence-corrected chi connectivity index (χ1v) is 10.1. The van der Waals surface area contributed by atoms with Crippen LogP contribution >= 0.6 is 0 Å². The molecule has 1 aromatic heterocycles. The van der Waals surface area contributed by atoms with Crippen molar-refractivity contribution in [2.75, 3.05) is 18.9 Å². The van der Waals surface area contributed by atoms with Gasteiger partial charge in [0.05, 0.1) is 23.5 Å². The largest absolute Gasteiger partial charge is 0.488 e. The summed E-state index contributed by atoms with van der Waals surface area (Å²) in [7, 11) is -1.34. The van der Waals surface area contributed by atoms with Gasteiger partial charge < -0.3 is 9.72 Å². The minimum absolute atomic E-state index is 0.0703. The molecule has 27 heavy (non-hydrogen) atoms. The molecule has 2 amide bonds. The van der Waals surface area contributed by atoms with Gasteiger partial charge >= 0.3 is 0 Å². The van der Waals surface area contributed by atoms with Crippen molar-refractivity contribution in [2.24, 2.45) is 0 Å². The number of pyridine rings is 1. The first-order valence-electron chi connectivity index (χ1n) is 8.66. The minimum Gasteiger partial charge on any atom is -0.488 e. The summed E-state index contributed by atoms with van der Waals surface area (Å²) in [6.07, 6.45) is 2.26. The number of ether oxygens (including phenoxy) is 1. The fraction of sp³-hybridized carbons (Fsp3) is 0.316. The summed E-state index contributed by atoms with van der Waals surface area (Å²) < 4.78 is 17.6. The Kier molecular flexibility index (Phi) is 5.85. The maximum Gasteiger partial charge on any atom is 0.261 e. The molecule has 1 aliphatic heterocycles. The van der Waals surface area contributed by atoms with Gasteiger partial charge in [-0.05, 0) is 18.6 Å². The molecule has 8 heteroatoms. The first kappa shape index (κ1) is 19.0. The predicted octanol–water partition coefficient (Wildman–Crippen LogP) is 1.71. The normalized spacial score (nSPS) is 14.3. The van der Waals surface area contributed by atoms with Crippen LogP contribution in [0.2, 0.25) is 0 Å². The molecule has 1 unspecified atom stereocenters. The second-order valence-electron chi connectivity index (χ2n) is 6.13. The number of hydrogen-bond donors (Lipinski definition) is 1. The number of aromatic nitrogens is 1. The molecule has 0 radical (unpaired) electrons. The number of aromatic amines is 1. The molecule has 1 aromatic carbocycles. The molecule has 7 nitrogen and oxygen atoms in total. The number of benzene rings is 1. The summed E-state index contributed by atoms with van der Waals surface area (Å²) in [5.41, 5.74) is 1.000. The van der Waals surface area contributed by atoms with E-state index in [1.54, 1.807) is 24.3 Å². The summed E-state index contributed by atoms with van der Waals surface area (Å²) >= 11 is 0. The molecule has 2 aromatic rings. The zero-order valence-electron chi connectivity index (χ0n) is 14.9. The van der Waals surface area contributed by atoms with Crippen LogP contribution in [0.15, 0.2) is 41.3 Å². The molecular formula is C19H20N2O5S. The van der Waals surface area contributed by atoms with E-state index in [1.165, 1.54) is 12.3 Å². The molecule has 2 heterocycles. The Bertz CT molecular complexity index is 918. The second kappa shape index (κ2) is 8.30. The van der Waals surface area contributed by atoms with Crippen molar-refractivity contribution < 1.29 is 18.5 Å². The molecule has 0 saturated carbocycles. The maximum atomic E-state index is 12.3. The lowest BCUT2D eigenvalue weighted by Gasteiger charge is -2.13. The number of nitrogens with one attached hydrogen (secondary N) is 1. The predicted molar refractivity (Wildman–Crippen MR) is 101 cm³/mol. The highest BCUT2D eigenvalue weighted by molar-refractivity contribution is 7.84. The highest BCUT2D eigenvalue weighted by Crippen LogP contribution is 2.22. The van der Waals surface area contributed by atoms with Crippen molar-refractivity contribution in [3.63, 3.8) is 0 Å². The van der Waals surface area contributed by atoms with Crippen LogP contribution < -0.4 is 10.2 Å². The van der Waals surface area contributed by atoms with Crippen LogP contribution in [0.4, 0.5) is 0 Å². The summed E-state index contributed by atoms with van der Waals surface area (Å²) in [5, 5.41) is 0. The summed E-state index contributed by atoms with van der Waals surface area (Å²) in [6.45, 7) is 2.47. The Morgan fingerprint density at radius 2 is 1.78 bits per heavy atom. The van der Waals surface area contributed by atoms with Gasteiger partial charge in [0.2, 0.25) is 5.43 Å². The number of nitrogens with zero attached hydrogens (tertiary/aromatic N) is 1. The van der Waals surface area contributed by atoms with E-state index < -0.39 is 10.8 Å². The van der Waals surface area contributed by atoms with Crippen LogP contribution in [0.25, 0.3) is 0 Å². The lowest BCUT2D eigenvalue weighted by Crippen LogP contribution is -2.33. The third kappa shape index (κ3) is 4.16. The van der Waals surface area contributed by atoms with E-state index in [2.05, 4.69) is 4.98 Å². The third-order valence-corrected chi connectivity index (χ3v) is 5.41. The van der Waals surface area contributed by atoms with Crippen LogP contribution in [0.5, 0.6) is 5.75 Å². The second-order valence-corrected chi connectivity index (χ2v) is 7.71.